The summed E-state index contributed by atoms with van der Waals surface area (Å²) in [5, 5.41) is 14.9. The van der Waals surface area contributed by atoms with Crippen LogP contribution in [0.15, 0.2) is 6.20 Å². The summed E-state index contributed by atoms with van der Waals surface area (Å²) in [6.45, 7) is 7.58. The smallest absolute Gasteiger partial charge is 0.0959 e. The molecule has 0 radical (unpaired) electrons. The van der Waals surface area contributed by atoms with Gasteiger partial charge in [0.05, 0.1) is 10.6 Å². The Balaban J connectivity index is 1.77. The SMILES string of the molecule is CCC(C)C(C)(O)CNCc1cnc(C2CC2)s1. The normalized spacial score (nSPS) is 20.7. The van der Waals surface area contributed by atoms with Crippen LogP contribution in [0.25, 0.3) is 0 Å². The van der Waals surface area contributed by atoms with Gasteiger partial charge in [0.25, 0.3) is 0 Å². The lowest BCUT2D eigenvalue weighted by Gasteiger charge is -2.29. The minimum absolute atomic E-state index is 0.313. The number of rotatable bonds is 7. The highest BCUT2D eigenvalue weighted by molar-refractivity contribution is 7.11. The maximum atomic E-state index is 10.3. The van der Waals surface area contributed by atoms with Gasteiger partial charge in [-0.1, -0.05) is 20.3 Å². The summed E-state index contributed by atoms with van der Waals surface area (Å²) < 4.78 is 0. The zero-order valence-electron chi connectivity index (χ0n) is 11.6. The van der Waals surface area contributed by atoms with Gasteiger partial charge in [0.2, 0.25) is 0 Å². The Kier molecular flexibility index (Phi) is 4.41. The number of aliphatic hydroxyl groups is 1. The monoisotopic (exact) mass is 268 g/mol. The fraction of sp³-hybridized carbons (Fsp3) is 0.786. The summed E-state index contributed by atoms with van der Waals surface area (Å²) in [7, 11) is 0. The summed E-state index contributed by atoms with van der Waals surface area (Å²) >= 11 is 1.81. The molecule has 2 unspecified atom stereocenters. The lowest BCUT2D eigenvalue weighted by Crippen LogP contribution is -2.42. The standard InChI is InChI=1S/C14H24N2OS/c1-4-10(2)14(3,17)9-15-7-12-8-16-13(18-12)11-5-6-11/h8,10-11,15,17H,4-7,9H2,1-3H3. The quantitative estimate of drug-likeness (QED) is 0.799. The number of hydrogen-bond acceptors (Lipinski definition) is 4. The van der Waals surface area contributed by atoms with Crippen LogP contribution in [0.3, 0.4) is 0 Å². The zero-order valence-corrected chi connectivity index (χ0v) is 12.4. The Labute approximate surface area is 114 Å². The van der Waals surface area contributed by atoms with E-state index in [1.165, 1.54) is 22.7 Å². The summed E-state index contributed by atoms with van der Waals surface area (Å²) in [5.74, 6) is 1.06. The molecule has 0 spiro atoms. The van der Waals surface area contributed by atoms with Crippen molar-refractivity contribution in [3.05, 3.63) is 16.1 Å². The molecule has 1 heterocycles. The largest absolute Gasteiger partial charge is 0.389 e. The van der Waals surface area contributed by atoms with Gasteiger partial charge in [-0.2, -0.15) is 0 Å². The van der Waals surface area contributed by atoms with E-state index < -0.39 is 5.60 Å². The third kappa shape index (κ3) is 3.53. The zero-order chi connectivity index (χ0) is 13.2. The molecule has 2 N–H and O–H groups in total. The molecule has 1 aliphatic rings. The van der Waals surface area contributed by atoms with Gasteiger partial charge in [-0.15, -0.1) is 11.3 Å². The van der Waals surface area contributed by atoms with Crippen molar-refractivity contribution in [3.8, 4) is 0 Å². The van der Waals surface area contributed by atoms with Crippen LogP contribution in [-0.4, -0.2) is 22.2 Å². The second-order valence-corrected chi connectivity index (χ2v) is 6.86. The first kappa shape index (κ1) is 14.0. The van der Waals surface area contributed by atoms with Crippen molar-refractivity contribution in [3.63, 3.8) is 0 Å². The first-order valence-electron chi connectivity index (χ1n) is 6.90. The first-order valence-corrected chi connectivity index (χ1v) is 7.72. The first-order chi connectivity index (χ1) is 8.53. The maximum Gasteiger partial charge on any atom is 0.0959 e. The number of aromatic nitrogens is 1. The van der Waals surface area contributed by atoms with E-state index in [9.17, 15) is 5.11 Å². The Morgan fingerprint density at radius 1 is 1.61 bits per heavy atom. The van der Waals surface area contributed by atoms with E-state index in [1.807, 2.05) is 24.5 Å². The van der Waals surface area contributed by atoms with Crippen molar-refractivity contribution in [2.45, 2.75) is 58.1 Å². The van der Waals surface area contributed by atoms with Crippen LogP contribution in [0.1, 0.15) is 55.8 Å². The predicted octanol–water partition coefficient (Wildman–Crippen LogP) is 2.91. The van der Waals surface area contributed by atoms with Gasteiger partial charge in [-0.3, -0.25) is 0 Å². The molecule has 1 aromatic rings. The van der Waals surface area contributed by atoms with E-state index in [-0.39, 0.29) is 0 Å². The minimum Gasteiger partial charge on any atom is -0.389 e. The van der Waals surface area contributed by atoms with Gasteiger partial charge in [-0.25, -0.2) is 4.98 Å². The molecule has 102 valence electrons. The number of thiazole rings is 1. The third-order valence-corrected chi connectivity index (χ3v) is 5.11. The van der Waals surface area contributed by atoms with E-state index >= 15 is 0 Å². The average molecular weight is 268 g/mol. The average Bonchev–Trinajstić information content (AvgIpc) is 3.09. The van der Waals surface area contributed by atoms with Crippen molar-refractivity contribution in [1.82, 2.24) is 10.3 Å². The van der Waals surface area contributed by atoms with Gasteiger partial charge >= 0.3 is 0 Å². The van der Waals surface area contributed by atoms with Gasteiger partial charge in [0.1, 0.15) is 0 Å². The van der Waals surface area contributed by atoms with Gasteiger partial charge in [-0.05, 0) is 25.7 Å². The Bertz CT molecular complexity index is 385. The van der Waals surface area contributed by atoms with Crippen LogP contribution in [0, 0.1) is 5.92 Å². The lowest BCUT2D eigenvalue weighted by atomic mass is 9.89. The lowest BCUT2D eigenvalue weighted by molar-refractivity contribution is 0.00539. The number of hydrogen-bond donors (Lipinski definition) is 2. The van der Waals surface area contributed by atoms with Crippen LogP contribution in [0.2, 0.25) is 0 Å². The molecule has 0 aliphatic heterocycles. The number of nitrogens with one attached hydrogen (secondary N) is 1. The molecule has 4 heteroatoms. The van der Waals surface area contributed by atoms with E-state index in [0.29, 0.717) is 12.5 Å². The van der Waals surface area contributed by atoms with E-state index in [2.05, 4.69) is 24.1 Å². The third-order valence-electron chi connectivity index (χ3n) is 3.95. The summed E-state index contributed by atoms with van der Waals surface area (Å²) in [5.41, 5.74) is -0.626. The molecule has 0 bridgehead atoms. The Morgan fingerprint density at radius 3 is 2.94 bits per heavy atom. The molecule has 18 heavy (non-hydrogen) atoms. The highest BCUT2D eigenvalue weighted by atomic mass is 32.1. The Hall–Kier alpha value is -0.450. The summed E-state index contributed by atoms with van der Waals surface area (Å²) in [6.07, 6.45) is 5.59. The van der Waals surface area contributed by atoms with Crippen LogP contribution >= 0.6 is 11.3 Å². The molecule has 0 saturated heterocycles. The van der Waals surface area contributed by atoms with Gasteiger partial charge in [0.15, 0.2) is 0 Å². The molecule has 3 nitrogen and oxygen atoms in total. The second-order valence-electron chi connectivity index (χ2n) is 5.71. The fourth-order valence-corrected chi connectivity index (χ4v) is 3.03. The van der Waals surface area contributed by atoms with E-state index in [1.54, 1.807) is 0 Å². The van der Waals surface area contributed by atoms with Gasteiger partial charge in [0, 0.05) is 30.1 Å². The highest BCUT2D eigenvalue weighted by Crippen LogP contribution is 2.41. The van der Waals surface area contributed by atoms with Crippen molar-refractivity contribution in [2.24, 2.45) is 5.92 Å². The van der Waals surface area contributed by atoms with Crippen molar-refractivity contribution < 1.29 is 5.11 Å². The molecule has 2 rings (SSSR count). The van der Waals surface area contributed by atoms with Crippen LogP contribution in [0.5, 0.6) is 0 Å². The molecule has 1 fully saturated rings. The molecule has 1 aromatic heterocycles. The molecule has 2 atom stereocenters. The van der Waals surface area contributed by atoms with Crippen molar-refractivity contribution >= 4 is 11.3 Å². The molecule has 1 aliphatic carbocycles. The molecule has 0 aromatic carbocycles. The van der Waals surface area contributed by atoms with E-state index in [4.69, 9.17) is 0 Å². The number of nitrogens with zero attached hydrogens (tertiary/aromatic N) is 1. The highest BCUT2D eigenvalue weighted by Gasteiger charge is 2.27. The molecular formula is C14H24N2OS. The Morgan fingerprint density at radius 2 is 2.33 bits per heavy atom. The molecule has 1 saturated carbocycles. The minimum atomic E-state index is -0.626. The van der Waals surface area contributed by atoms with Crippen molar-refractivity contribution in [1.29, 1.82) is 0 Å². The predicted molar refractivity (Wildman–Crippen MR) is 75.9 cm³/mol. The maximum absolute atomic E-state index is 10.3. The second kappa shape index (κ2) is 5.68. The molecular weight excluding hydrogens is 244 g/mol. The van der Waals surface area contributed by atoms with Crippen LogP contribution in [-0.2, 0) is 6.54 Å². The van der Waals surface area contributed by atoms with Crippen LogP contribution < -0.4 is 5.32 Å². The van der Waals surface area contributed by atoms with Crippen LogP contribution in [0.4, 0.5) is 0 Å². The summed E-state index contributed by atoms with van der Waals surface area (Å²) in [4.78, 5) is 5.74. The van der Waals surface area contributed by atoms with Crippen molar-refractivity contribution in [2.75, 3.05) is 6.54 Å². The van der Waals surface area contributed by atoms with Gasteiger partial charge < -0.3 is 10.4 Å². The topological polar surface area (TPSA) is 45.1 Å². The summed E-state index contributed by atoms with van der Waals surface area (Å²) in [6, 6.07) is 0. The fourth-order valence-electron chi connectivity index (χ4n) is 1.98. The molecule has 0 amide bonds. The van der Waals surface area contributed by atoms with E-state index in [0.717, 1.165) is 18.9 Å².